The summed E-state index contributed by atoms with van der Waals surface area (Å²) in [6.45, 7) is 2.23. The third-order valence-corrected chi connectivity index (χ3v) is 5.11. The molecule has 0 saturated heterocycles. The molecule has 4 nitrogen and oxygen atoms in total. The zero-order valence-electron chi connectivity index (χ0n) is 11.4. The van der Waals surface area contributed by atoms with E-state index in [2.05, 4.69) is 4.72 Å². The van der Waals surface area contributed by atoms with Crippen molar-refractivity contribution in [3.8, 4) is 0 Å². The minimum atomic E-state index is -3.43. The highest BCUT2D eigenvalue weighted by atomic mass is 32.2. The fourth-order valence-electron chi connectivity index (χ4n) is 2.32. The normalized spacial score (nSPS) is 16.9. The molecule has 0 amide bonds. The SMILES string of the molecule is CCC(N)CNS(=O)(=O)c1ccc2c(c1)CCCC2. The van der Waals surface area contributed by atoms with Gasteiger partial charge in [-0.3, -0.25) is 0 Å². The third-order valence-electron chi connectivity index (χ3n) is 3.69. The number of nitrogens with one attached hydrogen (secondary N) is 1. The summed E-state index contributed by atoms with van der Waals surface area (Å²) in [5.74, 6) is 0. The Morgan fingerprint density at radius 2 is 1.95 bits per heavy atom. The van der Waals surface area contributed by atoms with Gasteiger partial charge in [0, 0.05) is 12.6 Å². The molecule has 106 valence electrons. The van der Waals surface area contributed by atoms with Crippen molar-refractivity contribution in [3.05, 3.63) is 29.3 Å². The quantitative estimate of drug-likeness (QED) is 0.861. The molecule has 1 aromatic carbocycles. The van der Waals surface area contributed by atoms with Crippen molar-refractivity contribution >= 4 is 10.0 Å². The molecule has 0 fully saturated rings. The molecule has 0 saturated carbocycles. The first-order chi connectivity index (χ1) is 9.03. The van der Waals surface area contributed by atoms with Gasteiger partial charge in [-0.05, 0) is 55.4 Å². The first-order valence-electron chi connectivity index (χ1n) is 6.90. The van der Waals surface area contributed by atoms with Gasteiger partial charge >= 0.3 is 0 Å². The van der Waals surface area contributed by atoms with Crippen molar-refractivity contribution in [2.24, 2.45) is 5.73 Å². The van der Waals surface area contributed by atoms with Crippen LogP contribution in [0.5, 0.6) is 0 Å². The van der Waals surface area contributed by atoms with Crippen LogP contribution < -0.4 is 10.5 Å². The smallest absolute Gasteiger partial charge is 0.240 e. The van der Waals surface area contributed by atoms with E-state index in [0.717, 1.165) is 25.7 Å². The van der Waals surface area contributed by atoms with Gasteiger partial charge in [0.15, 0.2) is 0 Å². The van der Waals surface area contributed by atoms with Crippen LogP contribution in [0, 0.1) is 0 Å². The standard InChI is InChI=1S/C14H22N2O2S/c1-2-13(15)10-16-19(17,18)14-8-7-11-5-3-4-6-12(11)9-14/h7-9,13,16H,2-6,10,15H2,1H3. The summed E-state index contributed by atoms with van der Waals surface area (Å²) in [6.07, 6.45) is 5.14. The molecule has 19 heavy (non-hydrogen) atoms. The molecular formula is C14H22N2O2S. The first kappa shape index (κ1) is 14.5. The monoisotopic (exact) mass is 282 g/mol. The van der Waals surface area contributed by atoms with Crippen LogP contribution in [0.1, 0.15) is 37.3 Å². The molecule has 0 spiro atoms. The van der Waals surface area contributed by atoms with Crippen molar-refractivity contribution in [2.75, 3.05) is 6.54 Å². The van der Waals surface area contributed by atoms with Gasteiger partial charge in [-0.25, -0.2) is 13.1 Å². The van der Waals surface area contributed by atoms with Crippen molar-refractivity contribution in [3.63, 3.8) is 0 Å². The second-order valence-electron chi connectivity index (χ2n) is 5.16. The predicted octanol–water partition coefficient (Wildman–Crippen LogP) is 1.58. The fraction of sp³-hybridized carbons (Fsp3) is 0.571. The van der Waals surface area contributed by atoms with Gasteiger partial charge in [-0.15, -0.1) is 0 Å². The summed E-state index contributed by atoms with van der Waals surface area (Å²) in [5, 5.41) is 0. The summed E-state index contributed by atoms with van der Waals surface area (Å²) in [6, 6.07) is 5.33. The van der Waals surface area contributed by atoms with E-state index in [-0.39, 0.29) is 12.6 Å². The number of sulfonamides is 1. The van der Waals surface area contributed by atoms with E-state index < -0.39 is 10.0 Å². The average Bonchev–Trinajstić information content (AvgIpc) is 2.44. The second kappa shape index (κ2) is 6.03. The minimum absolute atomic E-state index is 0.132. The Morgan fingerprint density at radius 1 is 1.26 bits per heavy atom. The van der Waals surface area contributed by atoms with Crippen LogP contribution >= 0.6 is 0 Å². The van der Waals surface area contributed by atoms with Crippen LogP contribution in [-0.2, 0) is 22.9 Å². The molecule has 1 aromatic rings. The van der Waals surface area contributed by atoms with Crippen LogP contribution in [0.3, 0.4) is 0 Å². The molecule has 2 rings (SSSR count). The topological polar surface area (TPSA) is 72.2 Å². The molecule has 1 unspecified atom stereocenters. The van der Waals surface area contributed by atoms with E-state index in [0.29, 0.717) is 4.90 Å². The highest BCUT2D eigenvalue weighted by molar-refractivity contribution is 7.89. The highest BCUT2D eigenvalue weighted by Gasteiger charge is 2.18. The summed E-state index contributed by atoms with van der Waals surface area (Å²) in [4.78, 5) is 0.358. The van der Waals surface area contributed by atoms with E-state index in [9.17, 15) is 8.42 Å². The van der Waals surface area contributed by atoms with Gasteiger partial charge in [-0.2, -0.15) is 0 Å². The number of nitrogens with two attached hydrogens (primary N) is 1. The molecule has 0 aliphatic heterocycles. The summed E-state index contributed by atoms with van der Waals surface area (Å²) < 4.78 is 26.9. The van der Waals surface area contributed by atoms with E-state index in [1.165, 1.54) is 17.5 Å². The maximum absolute atomic E-state index is 12.2. The Hall–Kier alpha value is -0.910. The number of rotatable bonds is 5. The number of hydrogen-bond donors (Lipinski definition) is 2. The lowest BCUT2D eigenvalue weighted by molar-refractivity contribution is 0.563. The van der Waals surface area contributed by atoms with Crippen molar-refractivity contribution in [1.29, 1.82) is 0 Å². The summed E-state index contributed by atoms with van der Waals surface area (Å²) in [5.41, 5.74) is 8.20. The fourth-order valence-corrected chi connectivity index (χ4v) is 3.47. The largest absolute Gasteiger partial charge is 0.327 e. The number of aryl methyl sites for hydroxylation is 2. The molecule has 0 radical (unpaired) electrons. The lowest BCUT2D eigenvalue weighted by Gasteiger charge is -2.17. The number of hydrogen-bond acceptors (Lipinski definition) is 3. The van der Waals surface area contributed by atoms with Crippen LogP contribution in [0.2, 0.25) is 0 Å². The highest BCUT2D eigenvalue weighted by Crippen LogP contribution is 2.23. The van der Waals surface area contributed by atoms with E-state index in [1.54, 1.807) is 6.07 Å². The number of benzene rings is 1. The Bertz CT molecular complexity index is 540. The van der Waals surface area contributed by atoms with Crippen molar-refractivity contribution in [1.82, 2.24) is 4.72 Å². The van der Waals surface area contributed by atoms with Gasteiger partial charge in [-0.1, -0.05) is 13.0 Å². The maximum Gasteiger partial charge on any atom is 0.240 e. The Labute approximate surface area is 115 Å². The van der Waals surface area contributed by atoms with E-state index >= 15 is 0 Å². The maximum atomic E-state index is 12.2. The Balaban J connectivity index is 2.16. The summed E-state index contributed by atoms with van der Waals surface area (Å²) >= 11 is 0. The molecule has 1 aliphatic rings. The molecular weight excluding hydrogens is 260 g/mol. The molecule has 0 heterocycles. The van der Waals surface area contributed by atoms with Crippen LogP contribution in [0.15, 0.2) is 23.1 Å². The number of fused-ring (bicyclic) bond motifs is 1. The molecule has 3 N–H and O–H groups in total. The van der Waals surface area contributed by atoms with Crippen LogP contribution in [0.25, 0.3) is 0 Å². The summed E-state index contributed by atoms with van der Waals surface area (Å²) in [7, 11) is -3.43. The van der Waals surface area contributed by atoms with Gasteiger partial charge in [0.2, 0.25) is 10.0 Å². The van der Waals surface area contributed by atoms with Gasteiger partial charge in [0.25, 0.3) is 0 Å². The van der Waals surface area contributed by atoms with Gasteiger partial charge in [0.05, 0.1) is 4.90 Å². The lowest BCUT2D eigenvalue weighted by Crippen LogP contribution is -2.36. The molecule has 0 bridgehead atoms. The zero-order chi connectivity index (χ0) is 13.9. The van der Waals surface area contributed by atoms with Crippen molar-refractivity contribution < 1.29 is 8.42 Å². The predicted molar refractivity (Wildman–Crippen MR) is 76.5 cm³/mol. The van der Waals surface area contributed by atoms with Crippen LogP contribution in [-0.4, -0.2) is 21.0 Å². The van der Waals surface area contributed by atoms with E-state index in [4.69, 9.17) is 5.73 Å². The molecule has 1 atom stereocenters. The average molecular weight is 282 g/mol. The zero-order valence-corrected chi connectivity index (χ0v) is 12.2. The second-order valence-corrected chi connectivity index (χ2v) is 6.92. The lowest BCUT2D eigenvalue weighted by atomic mass is 9.92. The van der Waals surface area contributed by atoms with Gasteiger partial charge < -0.3 is 5.73 Å². The van der Waals surface area contributed by atoms with Gasteiger partial charge in [0.1, 0.15) is 0 Å². The Morgan fingerprint density at radius 3 is 2.63 bits per heavy atom. The van der Waals surface area contributed by atoms with Crippen molar-refractivity contribution in [2.45, 2.75) is 50.0 Å². The third kappa shape index (κ3) is 3.55. The minimum Gasteiger partial charge on any atom is -0.327 e. The molecule has 1 aliphatic carbocycles. The molecule has 5 heteroatoms. The van der Waals surface area contributed by atoms with Crippen LogP contribution in [0.4, 0.5) is 0 Å². The Kier molecular flexibility index (Phi) is 4.60. The molecule has 0 aromatic heterocycles. The first-order valence-corrected chi connectivity index (χ1v) is 8.38. The van der Waals surface area contributed by atoms with E-state index in [1.807, 2.05) is 19.1 Å².